The van der Waals surface area contributed by atoms with Crippen LogP contribution in [0, 0.1) is 5.92 Å². The van der Waals surface area contributed by atoms with Gasteiger partial charge in [0, 0.05) is 5.92 Å². The maximum atomic E-state index is 9.54. The number of aliphatic hydroxyl groups is 2. The van der Waals surface area contributed by atoms with Gasteiger partial charge in [-0.05, 0) is 12.0 Å². The first-order chi connectivity index (χ1) is 6.77. The number of hydrogen-bond donors (Lipinski definition) is 2. The first-order valence-electron chi connectivity index (χ1n) is 4.79. The molecule has 0 aliphatic carbocycles. The minimum absolute atomic E-state index is 0.00685. The molecule has 2 rings (SSSR count). The number of hydrogen-bond acceptors (Lipinski definition) is 3. The van der Waals surface area contributed by atoms with Crippen molar-refractivity contribution in [1.29, 1.82) is 0 Å². The second kappa shape index (κ2) is 4.09. The van der Waals surface area contributed by atoms with Crippen molar-refractivity contribution in [1.82, 2.24) is 0 Å². The van der Waals surface area contributed by atoms with Crippen LogP contribution in [0.25, 0.3) is 0 Å². The van der Waals surface area contributed by atoms with Gasteiger partial charge in [0.1, 0.15) is 6.10 Å². The lowest BCUT2D eigenvalue weighted by molar-refractivity contribution is -0.109. The SMILES string of the molecule is OC1OCC(Cc2ccccc2)C1O. The third-order valence-electron chi connectivity index (χ3n) is 2.60. The molecule has 0 amide bonds. The van der Waals surface area contributed by atoms with Crippen molar-refractivity contribution >= 4 is 0 Å². The van der Waals surface area contributed by atoms with Gasteiger partial charge in [-0.2, -0.15) is 0 Å². The molecule has 3 atom stereocenters. The van der Waals surface area contributed by atoms with E-state index in [1.807, 2.05) is 30.3 Å². The van der Waals surface area contributed by atoms with E-state index in [9.17, 15) is 10.2 Å². The molecule has 14 heavy (non-hydrogen) atoms. The number of rotatable bonds is 2. The van der Waals surface area contributed by atoms with Crippen molar-refractivity contribution in [3.63, 3.8) is 0 Å². The van der Waals surface area contributed by atoms with Crippen molar-refractivity contribution in [3.8, 4) is 0 Å². The van der Waals surface area contributed by atoms with Gasteiger partial charge in [-0.15, -0.1) is 0 Å². The molecule has 1 aromatic rings. The molecule has 3 unspecified atom stereocenters. The highest BCUT2D eigenvalue weighted by atomic mass is 16.6. The van der Waals surface area contributed by atoms with E-state index in [4.69, 9.17) is 4.74 Å². The van der Waals surface area contributed by atoms with Gasteiger partial charge in [0.15, 0.2) is 6.29 Å². The van der Waals surface area contributed by atoms with Crippen molar-refractivity contribution in [2.45, 2.75) is 18.8 Å². The minimum Gasteiger partial charge on any atom is -0.387 e. The van der Waals surface area contributed by atoms with E-state index in [0.717, 1.165) is 12.0 Å². The largest absolute Gasteiger partial charge is 0.387 e. The van der Waals surface area contributed by atoms with Gasteiger partial charge in [0.05, 0.1) is 6.61 Å². The van der Waals surface area contributed by atoms with Crippen LogP contribution in [-0.4, -0.2) is 29.2 Å². The smallest absolute Gasteiger partial charge is 0.181 e. The lowest BCUT2D eigenvalue weighted by Gasteiger charge is -2.13. The Balaban J connectivity index is 1.99. The fourth-order valence-corrected chi connectivity index (χ4v) is 1.75. The average Bonchev–Trinajstić information content (AvgIpc) is 2.52. The third-order valence-corrected chi connectivity index (χ3v) is 2.60. The molecule has 1 aliphatic rings. The van der Waals surface area contributed by atoms with Crippen molar-refractivity contribution in [2.24, 2.45) is 5.92 Å². The van der Waals surface area contributed by atoms with Gasteiger partial charge >= 0.3 is 0 Å². The summed E-state index contributed by atoms with van der Waals surface area (Å²) < 4.78 is 4.96. The molecule has 0 radical (unpaired) electrons. The Morgan fingerprint density at radius 1 is 1.21 bits per heavy atom. The molecule has 2 N–H and O–H groups in total. The molecule has 1 saturated heterocycles. The van der Waals surface area contributed by atoms with Gasteiger partial charge < -0.3 is 14.9 Å². The van der Waals surface area contributed by atoms with E-state index < -0.39 is 12.4 Å². The van der Waals surface area contributed by atoms with E-state index in [1.165, 1.54) is 0 Å². The summed E-state index contributed by atoms with van der Waals surface area (Å²) in [5.74, 6) is 0.00685. The molecular weight excluding hydrogens is 180 g/mol. The summed E-state index contributed by atoms with van der Waals surface area (Å²) in [7, 11) is 0. The normalized spacial score (nSPS) is 32.0. The average molecular weight is 194 g/mol. The molecular formula is C11H14O3. The van der Waals surface area contributed by atoms with Crippen LogP contribution in [0.1, 0.15) is 5.56 Å². The molecule has 3 nitrogen and oxygen atoms in total. The fourth-order valence-electron chi connectivity index (χ4n) is 1.75. The van der Waals surface area contributed by atoms with E-state index in [2.05, 4.69) is 0 Å². The Hall–Kier alpha value is -0.900. The number of benzene rings is 1. The zero-order valence-electron chi connectivity index (χ0n) is 7.84. The van der Waals surface area contributed by atoms with Crippen LogP contribution < -0.4 is 0 Å². The van der Waals surface area contributed by atoms with E-state index in [1.54, 1.807) is 0 Å². The standard InChI is InChI=1S/C11H14O3/c12-10-9(7-14-11(10)13)6-8-4-2-1-3-5-8/h1-5,9-13H,6-7H2. The molecule has 1 heterocycles. The summed E-state index contributed by atoms with van der Waals surface area (Å²) in [4.78, 5) is 0. The zero-order chi connectivity index (χ0) is 9.97. The quantitative estimate of drug-likeness (QED) is 0.723. The molecule has 0 aromatic heterocycles. The third kappa shape index (κ3) is 1.95. The fraction of sp³-hybridized carbons (Fsp3) is 0.455. The highest BCUT2D eigenvalue weighted by molar-refractivity contribution is 5.15. The van der Waals surface area contributed by atoms with Crippen LogP contribution in [0.15, 0.2) is 30.3 Å². The van der Waals surface area contributed by atoms with Crippen LogP contribution in [0.4, 0.5) is 0 Å². The summed E-state index contributed by atoms with van der Waals surface area (Å²) in [6, 6.07) is 9.91. The second-order valence-corrected chi connectivity index (χ2v) is 3.66. The minimum atomic E-state index is -1.01. The first kappa shape index (κ1) is 9.65. The Labute approximate surface area is 83.0 Å². The molecule has 76 valence electrons. The topological polar surface area (TPSA) is 49.7 Å². The van der Waals surface area contributed by atoms with Crippen LogP contribution in [0.5, 0.6) is 0 Å². The van der Waals surface area contributed by atoms with Crippen LogP contribution >= 0.6 is 0 Å². The van der Waals surface area contributed by atoms with Gasteiger partial charge in [0.2, 0.25) is 0 Å². The van der Waals surface area contributed by atoms with E-state index in [-0.39, 0.29) is 5.92 Å². The monoisotopic (exact) mass is 194 g/mol. The Morgan fingerprint density at radius 3 is 2.50 bits per heavy atom. The lowest BCUT2D eigenvalue weighted by atomic mass is 9.96. The summed E-state index contributed by atoms with van der Waals surface area (Å²) in [6.45, 7) is 0.428. The molecule has 1 aliphatic heterocycles. The highest BCUT2D eigenvalue weighted by Crippen LogP contribution is 2.22. The number of ether oxygens (including phenoxy) is 1. The highest BCUT2D eigenvalue weighted by Gasteiger charge is 2.34. The Morgan fingerprint density at radius 2 is 1.93 bits per heavy atom. The first-order valence-corrected chi connectivity index (χ1v) is 4.79. The van der Waals surface area contributed by atoms with Gasteiger partial charge in [-0.3, -0.25) is 0 Å². The van der Waals surface area contributed by atoms with Gasteiger partial charge in [-0.25, -0.2) is 0 Å². The van der Waals surface area contributed by atoms with Gasteiger partial charge in [-0.1, -0.05) is 30.3 Å². The molecule has 3 heteroatoms. The van der Waals surface area contributed by atoms with E-state index >= 15 is 0 Å². The summed E-state index contributed by atoms with van der Waals surface area (Å²) in [6.07, 6.45) is -1.02. The molecule has 1 fully saturated rings. The Kier molecular flexibility index (Phi) is 2.82. The van der Waals surface area contributed by atoms with Crippen LogP contribution in [-0.2, 0) is 11.2 Å². The predicted octanol–water partition coefficient (Wildman–Crippen LogP) is 0.555. The maximum Gasteiger partial charge on any atom is 0.181 e. The maximum absolute atomic E-state index is 9.54. The van der Waals surface area contributed by atoms with Crippen LogP contribution in [0.3, 0.4) is 0 Å². The molecule has 0 saturated carbocycles. The van der Waals surface area contributed by atoms with Crippen molar-refractivity contribution < 1.29 is 14.9 Å². The van der Waals surface area contributed by atoms with Crippen LogP contribution in [0.2, 0.25) is 0 Å². The van der Waals surface area contributed by atoms with E-state index in [0.29, 0.717) is 6.61 Å². The lowest BCUT2D eigenvalue weighted by Crippen LogP contribution is -2.27. The number of aliphatic hydroxyl groups excluding tert-OH is 2. The molecule has 0 spiro atoms. The predicted molar refractivity (Wildman–Crippen MR) is 51.6 cm³/mol. The zero-order valence-corrected chi connectivity index (χ0v) is 7.84. The van der Waals surface area contributed by atoms with Gasteiger partial charge in [0.25, 0.3) is 0 Å². The molecule has 1 aromatic carbocycles. The Bertz CT molecular complexity index is 286. The summed E-state index contributed by atoms with van der Waals surface area (Å²) >= 11 is 0. The summed E-state index contributed by atoms with van der Waals surface area (Å²) in [5.41, 5.74) is 1.16. The van der Waals surface area contributed by atoms with Crippen molar-refractivity contribution in [3.05, 3.63) is 35.9 Å². The van der Waals surface area contributed by atoms with Crippen molar-refractivity contribution in [2.75, 3.05) is 6.61 Å². The summed E-state index contributed by atoms with van der Waals surface area (Å²) in [5, 5.41) is 18.7. The molecule has 0 bridgehead atoms. The second-order valence-electron chi connectivity index (χ2n) is 3.66.